The molecule has 0 fully saturated rings. The fraction of sp³-hybridized carbons (Fsp3) is 0.250. The third-order valence-electron chi connectivity index (χ3n) is 1.37. The zero-order chi connectivity index (χ0) is 8.27. The summed E-state index contributed by atoms with van der Waals surface area (Å²) >= 11 is 0. The van der Waals surface area contributed by atoms with Gasteiger partial charge in [-0.25, -0.2) is 5.01 Å². The van der Waals surface area contributed by atoms with Crippen LogP contribution in [0.3, 0.4) is 0 Å². The topological polar surface area (TPSA) is 26.7 Å². The molecule has 11 heavy (non-hydrogen) atoms. The van der Waals surface area contributed by atoms with Crippen LogP contribution in [-0.2, 0) is 0 Å². The van der Waals surface area contributed by atoms with Crippen molar-refractivity contribution in [1.29, 1.82) is 0 Å². The lowest BCUT2D eigenvalue weighted by Crippen LogP contribution is -2.33. The molecule has 1 aromatic rings. The molecule has 0 bridgehead atoms. The predicted molar refractivity (Wildman–Crippen MR) is 44.4 cm³/mol. The lowest BCUT2D eigenvalue weighted by atomic mass is 10.3. The molecule has 0 saturated heterocycles. The van der Waals surface area contributed by atoms with Crippen LogP contribution in [0.4, 0.5) is 5.69 Å². The Labute approximate surface area is 66.4 Å². The quantitative estimate of drug-likeness (QED) is 0.648. The maximum absolute atomic E-state index is 9.36. The van der Waals surface area contributed by atoms with Crippen molar-refractivity contribution < 1.29 is 5.21 Å². The third kappa shape index (κ3) is 1.93. The molecule has 0 radical (unpaired) electrons. The van der Waals surface area contributed by atoms with E-state index in [0.29, 0.717) is 0 Å². The van der Waals surface area contributed by atoms with Crippen molar-refractivity contribution in [3.63, 3.8) is 0 Å². The van der Waals surface area contributed by atoms with Gasteiger partial charge in [-0.3, -0.25) is 5.21 Å². The molecular formula is C8H12N2O. The van der Waals surface area contributed by atoms with Crippen LogP contribution in [0.5, 0.6) is 0 Å². The maximum atomic E-state index is 9.36. The van der Waals surface area contributed by atoms with E-state index in [0.717, 1.165) is 10.9 Å². The van der Waals surface area contributed by atoms with Gasteiger partial charge in [0, 0.05) is 14.1 Å². The monoisotopic (exact) mass is 152 g/mol. The van der Waals surface area contributed by atoms with Crippen molar-refractivity contribution in [2.45, 2.75) is 0 Å². The number of hydrazine groups is 1. The molecule has 0 spiro atoms. The molecule has 0 heterocycles. The summed E-state index contributed by atoms with van der Waals surface area (Å²) in [6, 6.07) is 9.33. The van der Waals surface area contributed by atoms with Crippen LogP contribution in [0.2, 0.25) is 0 Å². The number of anilines is 1. The van der Waals surface area contributed by atoms with E-state index >= 15 is 0 Å². The van der Waals surface area contributed by atoms with Gasteiger partial charge in [0.25, 0.3) is 0 Å². The van der Waals surface area contributed by atoms with Gasteiger partial charge in [0.1, 0.15) is 0 Å². The Kier molecular flexibility index (Phi) is 2.46. The van der Waals surface area contributed by atoms with Crippen LogP contribution in [0.25, 0.3) is 0 Å². The van der Waals surface area contributed by atoms with Crippen molar-refractivity contribution >= 4 is 5.69 Å². The SMILES string of the molecule is CN(C)N(O)c1ccccc1. The molecule has 1 N–H and O–H groups in total. The Morgan fingerprint density at radius 3 is 2.09 bits per heavy atom. The fourth-order valence-electron chi connectivity index (χ4n) is 0.792. The van der Waals surface area contributed by atoms with Crippen molar-refractivity contribution in [2.75, 3.05) is 19.3 Å². The first kappa shape index (κ1) is 8.04. The summed E-state index contributed by atoms with van der Waals surface area (Å²) in [6.07, 6.45) is 0. The summed E-state index contributed by atoms with van der Waals surface area (Å²) in [5.41, 5.74) is 0.762. The fourth-order valence-corrected chi connectivity index (χ4v) is 0.792. The van der Waals surface area contributed by atoms with E-state index in [1.807, 2.05) is 30.3 Å². The van der Waals surface area contributed by atoms with Crippen molar-refractivity contribution in [3.05, 3.63) is 30.3 Å². The van der Waals surface area contributed by atoms with Crippen molar-refractivity contribution in [1.82, 2.24) is 5.01 Å². The first-order valence-corrected chi connectivity index (χ1v) is 3.43. The van der Waals surface area contributed by atoms with Crippen molar-refractivity contribution in [2.24, 2.45) is 0 Å². The van der Waals surface area contributed by atoms with E-state index < -0.39 is 0 Å². The smallest absolute Gasteiger partial charge is 0.0822 e. The third-order valence-corrected chi connectivity index (χ3v) is 1.37. The summed E-state index contributed by atoms with van der Waals surface area (Å²) in [7, 11) is 3.54. The molecule has 1 rings (SSSR count). The van der Waals surface area contributed by atoms with E-state index in [1.54, 1.807) is 19.1 Å². The molecule has 0 aliphatic heterocycles. The molecule has 0 aliphatic carbocycles. The van der Waals surface area contributed by atoms with Crippen LogP contribution in [-0.4, -0.2) is 24.3 Å². The lowest BCUT2D eigenvalue weighted by molar-refractivity contribution is 0.110. The number of hydrogen-bond acceptors (Lipinski definition) is 3. The summed E-state index contributed by atoms with van der Waals surface area (Å²) in [5.74, 6) is 0. The Morgan fingerprint density at radius 2 is 1.64 bits per heavy atom. The van der Waals surface area contributed by atoms with Gasteiger partial charge in [-0.05, 0) is 12.1 Å². The molecule has 0 amide bonds. The number of nitrogens with zero attached hydrogens (tertiary/aromatic N) is 2. The van der Waals surface area contributed by atoms with Crippen molar-refractivity contribution in [3.8, 4) is 0 Å². The molecule has 0 saturated carbocycles. The van der Waals surface area contributed by atoms with E-state index in [1.165, 1.54) is 0 Å². The number of benzene rings is 1. The summed E-state index contributed by atoms with van der Waals surface area (Å²) in [5, 5.41) is 12.0. The highest BCUT2D eigenvalue weighted by molar-refractivity contribution is 5.41. The van der Waals surface area contributed by atoms with Crippen LogP contribution in [0.15, 0.2) is 30.3 Å². The number of para-hydroxylation sites is 1. The first-order valence-electron chi connectivity index (χ1n) is 3.43. The molecule has 0 aliphatic rings. The molecule has 3 nitrogen and oxygen atoms in total. The average molecular weight is 152 g/mol. The minimum atomic E-state index is 0.762. The van der Waals surface area contributed by atoms with Gasteiger partial charge >= 0.3 is 0 Å². The molecule has 3 heteroatoms. The molecule has 60 valence electrons. The number of rotatable bonds is 2. The minimum Gasteiger partial charge on any atom is -0.273 e. The van der Waals surface area contributed by atoms with Gasteiger partial charge in [-0.2, -0.15) is 5.17 Å². The van der Waals surface area contributed by atoms with Gasteiger partial charge in [-0.15, -0.1) is 0 Å². The first-order chi connectivity index (χ1) is 5.22. The highest BCUT2D eigenvalue weighted by Crippen LogP contribution is 2.10. The van der Waals surface area contributed by atoms with Gasteiger partial charge in [0.05, 0.1) is 5.69 Å². The van der Waals surface area contributed by atoms with Gasteiger partial charge in [0.2, 0.25) is 0 Å². The van der Waals surface area contributed by atoms with E-state index in [2.05, 4.69) is 0 Å². The summed E-state index contributed by atoms with van der Waals surface area (Å²) < 4.78 is 0. The Bertz CT molecular complexity index is 211. The second-order valence-electron chi connectivity index (χ2n) is 2.47. The summed E-state index contributed by atoms with van der Waals surface area (Å²) in [6.45, 7) is 0. The largest absolute Gasteiger partial charge is 0.273 e. The van der Waals surface area contributed by atoms with Crippen LogP contribution < -0.4 is 5.17 Å². The van der Waals surface area contributed by atoms with Gasteiger partial charge < -0.3 is 0 Å². The van der Waals surface area contributed by atoms with Crippen LogP contribution >= 0.6 is 0 Å². The number of hydrogen-bond donors (Lipinski definition) is 1. The Balaban J connectivity index is 2.77. The van der Waals surface area contributed by atoms with Gasteiger partial charge in [-0.1, -0.05) is 18.2 Å². The van der Waals surface area contributed by atoms with E-state index in [4.69, 9.17) is 0 Å². The van der Waals surface area contributed by atoms with Gasteiger partial charge in [0.15, 0.2) is 0 Å². The summed E-state index contributed by atoms with van der Waals surface area (Å²) in [4.78, 5) is 0. The molecule has 0 aromatic heterocycles. The normalized spacial score (nSPS) is 10.2. The minimum absolute atomic E-state index is 0.762. The zero-order valence-corrected chi connectivity index (χ0v) is 6.73. The second kappa shape index (κ2) is 3.37. The maximum Gasteiger partial charge on any atom is 0.0822 e. The zero-order valence-electron chi connectivity index (χ0n) is 6.73. The van der Waals surface area contributed by atoms with Crippen LogP contribution in [0.1, 0.15) is 0 Å². The van der Waals surface area contributed by atoms with E-state index in [-0.39, 0.29) is 0 Å². The van der Waals surface area contributed by atoms with E-state index in [9.17, 15) is 5.21 Å². The molecule has 0 unspecified atom stereocenters. The standard InChI is InChI=1S/C8H12N2O/c1-9(2)10(11)8-6-4-3-5-7-8/h3-7,11H,1-2H3. The molecule has 0 atom stereocenters. The second-order valence-corrected chi connectivity index (χ2v) is 2.47. The highest BCUT2D eigenvalue weighted by atomic mass is 16.5. The lowest BCUT2D eigenvalue weighted by Gasteiger charge is -2.23. The molecular weight excluding hydrogens is 140 g/mol. The Morgan fingerprint density at radius 1 is 1.09 bits per heavy atom. The molecule has 1 aromatic carbocycles. The predicted octanol–water partition coefficient (Wildman–Crippen LogP) is 1.36. The average Bonchev–Trinajstić information content (AvgIpc) is 2.05. The highest BCUT2D eigenvalue weighted by Gasteiger charge is 2.01. The van der Waals surface area contributed by atoms with Crippen LogP contribution in [0, 0.1) is 0 Å². The Hall–Kier alpha value is -1.06.